The van der Waals surface area contributed by atoms with Gasteiger partial charge in [-0.2, -0.15) is 9.78 Å². The lowest BCUT2D eigenvalue weighted by Gasteiger charge is -2.08. The van der Waals surface area contributed by atoms with Gasteiger partial charge in [-0.3, -0.25) is 4.79 Å². The highest BCUT2D eigenvalue weighted by Gasteiger charge is 2.10. The Kier molecular flexibility index (Phi) is 3.01. The average Bonchev–Trinajstić information content (AvgIpc) is 2.45. The quantitative estimate of drug-likeness (QED) is 0.685. The van der Waals surface area contributed by atoms with Crippen LogP contribution >= 0.6 is 23.2 Å². The number of hydrogen-bond acceptors (Lipinski definition) is 2. The predicted molar refractivity (Wildman–Crippen MR) is 77.4 cm³/mol. The minimum absolute atomic E-state index is 0.0235. The van der Waals surface area contributed by atoms with Gasteiger partial charge in [0, 0.05) is 5.39 Å². The van der Waals surface area contributed by atoms with Crippen LogP contribution in [0.1, 0.15) is 0 Å². The summed E-state index contributed by atoms with van der Waals surface area (Å²) in [5, 5.41) is 6.14. The number of aromatic nitrogens is 2. The Labute approximate surface area is 119 Å². The molecule has 94 valence electrons. The standard InChI is InChI=1S/C14H8Cl2N2O/c15-11-8-17-18(14(19)13(11)16)12-7-3-5-9-4-1-2-6-10(9)12/h1-8H. The normalized spacial score (nSPS) is 10.8. The van der Waals surface area contributed by atoms with Crippen LogP contribution in [0.5, 0.6) is 0 Å². The van der Waals surface area contributed by atoms with Crippen molar-refractivity contribution < 1.29 is 0 Å². The number of halogens is 2. The van der Waals surface area contributed by atoms with Gasteiger partial charge in [-0.25, -0.2) is 0 Å². The third kappa shape index (κ3) is 2.01. The van der Waals surface area contributed by atoms with E-state index in [1.807, 2.05) is 42.5 Å². The van der Waals surface area contributed by atoms with Crippen molar-refractivity contribution in [2.45, 2.75) is 0 Å². The molecule has 1 aromatic heterocycles. The molecule has 0 fully saturated rings. The molecular weight excluding hydrogens is 283 g/mol. The van der Waals surface area contributed by atoms with E-state index in [9.17, 15) is 4.79 Å². The van der Waals surface area contributed by atoms with E-state index in [4.69, 9.17) is 23.2 Å². The lowest BCUT2D eigenvalue weighted by molar-refractivity contribution is 0.813. The Morgan fingerprint density at radius 1 is 1.00 bits per heavy atom. The summed E-state index contributed by atoms with van der Waals surface area (Å²) < 4.78 is 1.26. The number of nitrogens with zero attached hydrogens (tertiary/aromatic N) is 2. The van der Waals surface area contributed by atoms with E-state index in [0.717, 1.165) is 10.8 Å². The van der Waals surface area contributed by atoms with Crippen molar-refractivity contribution in [3.8, 4) is 5.69 Å². The molecule has 0 aliphatic heterocycles. The fraction of sp³-hybridized carbons (Fsp3) is 0. The molecule has 0 unspecified atom stereocenters. The van der Waals surface area contributed by atoms with Crippen LogP contribution in [-0.4, -0.2) is 9.78 Å². The first-order valence-electron chi connectivity index (χ1n) is 5.60. The van der Waals surface area contributed by atoms with Crippen molar-refractivity contribution in [2.24, 2.45) is 0 Å². The monoisotopic (exact) mass is 290 g/mol. The first-order chi connectivity index (χ1) is 9.18. The van der Waals surface area contributed by atoms with E-state index in [1.54, 1.807) is 0 Å². The maximum atomic E-state index is 12.1. The summed E-state index contributed by atoms with van der Waals surface area (Å²) in [6.45, 7) is 0. The van der Waals surface area contributed by atoms with E-state index in [0.29, 0.717) is 5.69 Å². The zero-order valence-electron chi connectivity index (χ0n) is 9.68. The van der Waals surface area contributed by atoms with Gasteiger partial charge < -0.3 is 0 Å². The molecule has 0 aliphatic carbocycles. The van der Waals surface area contributed by atoms with Gasteiger partial charge in [0.15, 0.2) is 0 Å². The molecular formula is C14H8Cl2N2O. The molecule has 0 bridgehead atoms. The molecule has 0 radical (unpaired) electrons. The topological polar surface area (TPSA) is 34.9 Å². The van der Waals surface area contributed by atoms with Crippen molar-refractivity contribution >= 4 is 34.0 Å². The zero-order chi connectivity index (χ0) is 13.4. The molecule has 0 amide bonds. The van der Waals surface area contributed by atoms with Crippen molar-refractivity contribution in [2.75, 3.05) is 0 Å². The lowest BCUT2D eigenvalue weighted by Crippen LogP contribution is -2.21. The third-order valence-electron chi connectivity index (χ3n) is 2.87. The molecule has 0 N–H and O–H groups in total. The molecule has 2 aromatic carbocycles. The Hall–Kier alpha value is -1.84. The highest BCUT2D eigenvalue weighted by molar-refractivity contribution is 6.41. The van der Waals surface area contributed by atoms with Crippen LogP contribution in [0.2, 0.25) is 10.0 Å². The highest BCUT2D eigenvalue weighted by Crippen LogP contribution is 2.22. The SMILES string of the molecule is O=c1c(Cl)c(Cl)cnn1-c1cccc2ccccc12. The molecule has 0 atom stereocenters. The Bertz CT molecular complexity index is 822. The third-order valence-corrected chi connectivity index (χ3v) is 3.62. The smallest absolute Gasteiger partial charge is 0.266 e. The van der Waals surface area contributed by atoms with Gasteiger partial charge in [0.2, 0.25) is 0 Å². The van der Waals surface area contributed by atoms with Crippen molar-refractivity contribution in [1.29, 1.82) is 0 Å². The second kappa shape index (κ2) is 4.68. The number of hydrogen-bond donors (Lipinski definition) is 0. The number of rotatable bonds is 1. The minimum atomic E-state index is -0.425. The van der Waals surface area contributed by atoms with Gasteiger partial charge in [-0.1, -0.05) is 59.6 Å². The maximum Gasteiger partial charge on any atom is 0.291 e. The molecule has 5 heteroatoms. The number of benzene rings is 2. The van der Waals surface area contributed by atoms with Crippen molar-refractivity contribution in [3.63, 3.8) is 0 Å². The van der Waals surface area contributed by atoms with Crippen LogP contribution in [-0.2, 0) is 0 Å². The van der Waals surface area contributed by atoms with Gasteiger partial charge in [-0.15, -0.1) is 0 Å². The molecule has 1 heterocycles. The summed E-state index contributed by atoms with van der Waals surface area (Å²) in [6.07, 6.45) is 1.37. The van der Waals surface area contributed by atoms with Gasteiger partial charge in [0.05, 0.1) is 16.9 Å². The predicted octanol–water partition coefficient (Wildman–Crippen LogP) is 3.69. The zero-order valence-corrected chi connectivity index (χ0v) is 11.2. The Balaban J connectivity index is 2.37. The summed E-state index contributed by atoms with van der Waals surface area (Å²) in [4.78, 5) is 12.1. The highest BCUT2D eigenvalue weighted by atomic mass is 35.5. The fourth-order valence-electron chi connectivity index (χ4n) is 1.98. The fourth-order valence-corrected chi connectivity index (χ4v) is 2.23. The molecule has 3 rings (SSSR count). The molecule has 3 aromatic rings. The summed E-state index contributed by atoms with van der Waals surface area (Å²) in [5.74, 6) is 0. The van der Waals surface area contributed by atoms with Crippen molar-refractivity contribution in [3.05, 3.63) is 69.1 Å². The summed E-state index contributed by atoms with van der Waals surface area (Å²) in [5.41, 5.74) is 0.257. The summed E-state index contributed by atoms with van der Waals surface area (Å²) >= 11 is 11.7. The van der Waals surface area contributed by atoms with E-state index in [1.165, 1.54) is 10.9 Å². The number of fused-ring (bicyclic) bond motifs is 1. The molecule has 0 spiro atoms. The minimum Gasteiger partial charge on any atom is -0.266 e. The van der Waals surface area contributed by atoms with E-state index >= 15 is 0 Å². The Morgan fingerprint density at radius 3 is 2.58 bits per heavy atom. The lowest BCUT2D eigenvalue weighted by atomic mass is 10.1. The van der Waals surface area contributed by atoms with Crippen LogP contribution in [0.15, 0.2) is 53.5 Å². The summed E-state index contributed by atoms with van der Waals surface area (Å²) in [7, 11) is 0. The molecule has 0 saturated heterocycles. The maximum absolute atomic E-state index is 12.1. The van der Waals surface area contributed by atoms with Crippen LogP contribution in [0, 0.1) is 0 Å². The second-order valence-corrected chi connectivity index (χ2v) is 4.81. The van der Waals surface area contributed by atoms with Crippen LogP contribution in [0.4, 0.5) is 0 Å². The molecule has 19 heavy (non-hydrogen) atoms. The van der Waals surface area contributed by atoms with Crippen LogP contribution in [0.3, 0.4) is 0 Å². The van der Waals surface area contributed by atoms with Crippen molar-refractivity contribution in [1.82, 2.24) is 9.78 Å². The van der Waals surface area contributed by atoms with E-state index in [2.05, 4.69) is 5.10 Å². The molecule has 3 nitrogen and oxygen atoms in total. The first kappa shape index (κ1) is 12.2. The van der Waals surface area contributed by atoms with E-state index in [-0.39, 0.29) is 10.0 Å². The van der Waals surface area contributed by atoms with Gasteiger partial charge >= 0.3 is 0 Å². The van der Waals surface area contributed by atoms with E-state index < -0.39 is 5.56 Å². The second-order valence-electron chi connectivity index (χ2n) is 4.02. The van der Waals surface area contributed by atoms with Gasteiger partial charge in [0.1, 0.15) is 5.02 Å². The van der Waals surface area contributed by atoms with Gasteiger partial charge in [-0.05, 0) is 11.5 Å². The largest absolute Gasteiger partial charge is 0.291 e. The molecule has 0 aliphatic rings. The summed E-state index contributed by atoms with van der Waals surface area (Å²) in [6, 6.07) is 13.4. The molecule has 0 saturated carbocycles. The van der Waals surface area contributed by atoms with Crippen LogP contribution < -0.4 is 5.56 Å². The van der Waals surface area contributed by atoms with Crippen LogP contribution in [0.25, 0.3) is 16.5 Å². The Morgan fingerprint density at radius 2 is 1.74 bits per heavy atom. The average molecular weight is 291 g/mol. The first-order valence-corrected chi connectivity index (χ1v) is 6.35. The van der Waals surface area contributed by atoms with Gasteiger partial charge in [0.25, 0.3) is 5.56 Å².